The molecule has 0 aliphatic heterocycles. The van der Waals surface area contributed by atoms with Crippen molar-refractivity contribution in [3.8, 4) is 0 Å². The lowest BCUT2D eigenvalue weighted by atomic mass is 10.1. The first-order valence-electron chi connectivity index (χ1n) is 6.29. The first-order chi connectivity index (χ1) is 9.20. The molecule has 0 spiro atoms. The second kappa shape index (κ2) is 6.54. The predicted octanol–water partition coefficient (Wildman–Crippen LogP) is 3.67. The van der Waals surface area contributed by atoms with Crippen molar-refractivity contribution in [2.45, 2.75) is 32.4 Å². The van der Waals surface area contributed by atoms with Crippen LogP contribution < -0.4 is 5.32 Å². The number of carboxylic acids is 1. The summed E-state index contributed by atoms with van der Waals surface area (Å²) in [6.07, 6.45) is 2.14. The van der Waals surface area contributed by atoms with Crippen LogP contribution in [-0.4, -0.2) is 11.1 Å². The smallest absolute Gasteiger partial charge is 0.371 e. The van der Waals surface area contributed by atoms with E-state index in [-0.39, 0.29) is 5.76 Å². The van der Waals surface area contributed by atoms with Crippen LogP contribution in [0.25, 0.3) is 0 Å². The summed E-state index contributed by atoms with van der Waals surface area (Å²) >= 11 is 1.73. The van der Waals surface area contributed by atoms with Crippen molar-refractivity contribution in [1.82, 2.24) is 5.32 Å². The number of aromatic carboxylic acids is 1. The van der Waals surface area contributed by atoms with E-state index in [1.807, 2.05) is 6.07 Å². The van der Waals surface area contributed by atoms with E-state index in [2.05, 4.69) is 23.7 Å². The van der Waals surface area contributed by atoms with Crippen LogP contribution >= 0.6 is 11.3 Å². The number of furan rings is 1. The minimum atomic E-state index is -1.03. The number of carbonyl (C=O) groups is 1. The van der Waals surface area contributed by atoms with Gasteiger partial charge in [-0.05, 0) is 30.0 Å². The molecule has 1 unspecified atom stereocenters. The summed E-state index contributed by atoms with van der Waals surface area (Å²) in [5, 5.41) is 14.3. The van der Waals surface area contributed by atoms with Crippen molar-refractivity contribution in [3.05, 3.63) is 46.0 Å². The van der Waals surface area contributed by atoms with E-state index in [4.69, 9.17) is 9.52 Å². The molecule has 0 saturated heterocycles. The molecule has 0 aliphatic rings. The maximum Gasteiger partial charge on any atom is 0.371 e. The minimum absolute atomic E-state index is 0.0139. The van der Waals surface area contributed by atoms with Crippen LogP contribution in [0.15, 0.2) is 34.1 Å². The number of thiophene rings is 1. The normalized spacial score (nSPS) is 12.5. The Morgan fingerprint density at radius 2 is 2.32 bits per heavy atom. The van der Waals surface area contributed by atoms with Gasteiger partial charge in [0.25, 0.3) is 0 Å². The number of rotatable bonds is 7. The third-order valence-corrected chi connectivity index (χ3v) is 3.85. The van der Waals surface area contributed by atoms with Crippen molar-refractivity contribution in [3.63, 3.8) is 0 Å². The molecule has 0 bridgehead atoms. The van der Waals surface area contributed by atoms with Crippen LogP contribution in [0.5, 0.6) is 0 Å². The number of hydrogen-bond donors (Lipinski definition) is 2. The molecule has 4 nitrogen and oxygen atoms in total. The number of nitrogens with one attached hydrogen (secondary N) is 1. The zero-order chi connectivity index (χ0) is 13.7. The van der Waals surface area contributed by atoms with Crippen molar-refractivity contribution in [1.29, 1.82) is 0 Å². The Kier molecular flexibility index (Phi) is 4.76. The molecular formula is C14H17NO3S. The van der Waals surface area contributed by atoms with Crippen LogP contribution in [0.2, 0.25) is 0 Å². The Labute approximate surface area is 116 Å². The molecule has 0 fully saturated rings. The summed E-state index contributed by atoms with van der Waals surface area (Å²) in [7, 11) is 0. The number of hydrogen-bond acceptors (Lipinski definition) is 4. The van der Waals surface area contributed by atoms with Crippen LogP contribution in [0.1, 0.15) is 47.0 Å². The van der Waals surface area contributed by atoms with E-state index in [0.717, 1.165) is 12.8 Å². The van der Waals surface area contributed by atoms with Crippen LogP contribution in [0.3, 0.4) is 0 Å². The van der Waals surface area contributed by atoms with E-state index in [0.29, 0.717) is 18.3 Å². The molecule has 102 valence electrons. The third kappa shape index (κ3) is 3.68. The fourth-order valence-corrected chi connectivity index (χ4v) is 2.77. The van der Waals surface area contributed by atoms with Crippen molar-refractivity contribution < 1.29 is 14.3 Å². The van der Waals surface area contributed by atoms with Gasteiger partial charge in [0, 0.05) is 10.9 Å². The van der Waals surface area contributed by atoms with Gasteiger partial charge >= 0.3 is 5.97 Å². The monoisotopic (exact) mass is 279 g/mol. The summed E-state index contributed by atoms with van der Waals surface area (Å²) < 4.78 is 5.23. The summed E-state index contributed by atoms with van der Waals surface area (Å²) in [6, 6.07) is 7.64. The number of carboxylic acid groups (broad SMARTS) is 1. The van der Waals surface area contributed by atoms with E-state index >= 15 is 0 Å². The second-order valence-electron chi connectivity index (χ2n) is 4.31. The Bertz CT molecular complexity index is 519. The quantitative estimate of drug-likeness (QED) is 0.811. The molecule has 2 aromatic rings. The van der Waals surface area contributed by atoms with Gasteiger partial charge < -0.3 is 14.8 Å². The third-order valence-electron chi connectivity index (χ3n) is 2.86. The highest BCUT2D eigenvalue weighted by atomic mass is 32.1. The molecule has 2 rings (SSSR count). The minimum Gasteiger partial charge on any atom is -0.475 e. The highest BCUT2D eigenvalue weighted by molar-refractivity contribution is 7.10. The summed E-state index contributed by atoms with van der Waals surface area (Å²) in [5.74, 6) is -0.398. The Morgan fingerprint density at radius 3 is 2.89 bits per heavy atom. The fourth-order valence-electron chi connectivity index (χ4n) is 1.93. The summed E-state index contributed by atoms with van der Waals surface area (Å²) in [5.41, 5.74) is 0. The Morgan fingerprint density at radius 1 is 1.47 bits per heavy atom. The van der Waals surface area contributed by atoms with Gasteiger partial charge in [-0.25, -0.2) is 4.79 Å². The molecule has 1 atom stereocenters. The molecule has 0 aliphatic carbocycles. The molecule has 0 radical (unpaired) electrons. The molecule has 0 aromatic carbocycles. The lowest BCUT2D eigenvalue weighted by molar-refractivity contribution is 0.0660. The zero-order valence-electron chi connectivity index (χ0n) is 10.8. The lowest BCUT2D eigenvalue weighted by Gasteiger charge is -2.15. The Balaban J connectivity index is 1.96. The maximum atomic E-state index is 10.7. The average molecular weight is 279 g/mol. The van der Waals surface area contributed by atoms with Gasteiger partial charge in [-0.15, -0.1) is 11.3 Å². The highest BCUT2D eigenvalue weighted by Gasteiger charge is 2.13. The van der Waals surface area contributed by atoms with Crippen molar-refractivity contribution in [2.24, 2.45) is 0 Å². The van der Waals surface area contributed by atoms with Gasteiger partial charge in [-0.3, -0.25) is 0 Å². The molecule has 2 heterocycles. The summed E-state index contributed by atoms with van der Waals surface area (Å²) in [6.45, 7) is 2.69. The van der Waals surface area contributed by atoms with Gasteiger partial charge in [-0.2, -0.15) is 0 Å². The first-order valence-corrected chi connectivity index (χ1v) is 7.17. The predicted molar refractivity (Wildman–Crippen MR) is 74.5 cm³/mol. The molecule has 0 saturated carbocycles. The van der Waals surface area contributed by atoms with E-state index in [1.54, 1.807) is 17.4 Å². The van der Waals surface area contributed by atoms with E-state index in [1.165, 1.54) is 10.9 Å². The molecule has 0 amide bonds. The SMILES string of the molecule is CCCC(NCc1ccc(C(=O)O)o1)c1cccs1. The standard InChI is InChI=1S/C14H17NO3S/c1-2-4-11(13-5-3-8-19-13)15-9-10-6-7-12(18-10)14(16)17/h3,5-8,11,15H,2,4,9H2,1H3,(H,16,17). The fraction of sp³-hybridized carbons (Fsp3) is 0.357. The van der Waals surface area contributed by atoms with Gasteiger partial charge in [0.15, 0.2) is 0 Å². The lowest BCUT2D eigenvalue weighted by Crippen LogP contribution is -2.19. The average Bonchev–Trinajstić information content (AvgIpc) is 3.05. The second-order valence-corrected chi connectivity index (χ2v) is 5.29. The van der Waals surface area contributed by atoms with Crippen molar-refractivity contribution >= 4 is 17.3 Å². The highest BCUT2D eigenvalue weighted by Crippen LogP contribution is 2.23. The topological polar surface area (TPSA) is 62.5 Å². The van der Waals surface area contributed by atoms with Gasteiger partial charge in [-0.1, -0.05) is 19.4 Å². The molecule has 2 N–H and O–H groups in total. The molecule has 5 heteroatoms. The molecule has 19 heavy (non-hydrogen) atoms. The largest absolute Gasteiger partial charge is 0.475 e. The van der Waals surface area contributed by atoms with Gasteiger partial charge in [0.2, 0.25) is 5.76 Å². The Hall–Kier alpha value is -1.59. The van der Waals surface area contributed by atoms with E-state index in [9.17, 15) is 4.79 Å². The van der Waals surface area contributed by atoms with Crippen molar-refractivity contribution in [2.75, 3.05) is 0 Å². The molecule has 2 aromatic heterocycles. The van der Waals surface area contributed by atoms with Gasteiger partial charge in [0.05, 0.1) is 6.54 Å². The maximum absolute atomic E-state index is 10.7. The zero-order valence-corrected chi connectivity index (χ0v) is 11.6. The first kappa shape index (κ1) is 13.8. The summed E-state index contributed by atoms with van der Waals surface area (Å²) in [4.78, 5) is 12.0. The van der Waals surface area contributed by atoms with Gasteiger partial charge in [0.1, 0.15) is 5.76 Å². The van der Waals surface area contributed by atoms with E-state index < -0.39 is 5.97 Å². The van der Waals surface area contributed by atoms with Crippen LogP contribution in [-0.2, 0) is 6.54 Å². The molecular weight excluding hydrogens is 262 g/mol. The van der Waals surface area contributed by atoms with Crippen LogP contribution in [0, 0.1) is 0 Å². The van der Waals surface area contributed by atoms with Crippen LogP contribution in [0.4, 0.5) is 0 Å².